The zero-order valence-corrected chi connectivity index (χ0v) is 11.0. The van der Waals surface area contributed by atoms with Gasteiger partial charge in [-0.1, -0.05) is 11.3 Å². The maximum absolute atomic E-state index is 13.5. The molecular weight excluding hydrogens is 322 g/mol. The second-order valence-corrected chi connectivity index (χ2v) is 4.69. The lowest BCUT2D eigenvalue weighted by atomic mass is 10.2. The molecule has 1 amide bonds. The molecule has 0 saturated carbocycles. The van der Waals surface area contributed by atoms with Crippen LogP contribution in [0.3, 0.4) is 0 Å². The third-order valence-electron chi connectivity index (χ3n) is 2.13. The number of halogens is 5. The van der Waals surface area contributed by atoms with Gasteiger partial charge in [0.25, 0.3) is 0 Å². The number of nitrogens with zero attached hydrogens (tertiary/aromatic N) is 2. The molecule has 4 nitrogen and oxygen atoms in total. The number of carbonyl (C=O) groups is 1. The van der Waals surface area contributed by atoms with Crippen molar-refractivity contribution in [1.29, 1.82) is 0 Å². The van der Waals surface area contributed by atoms with Crippen molar-refractivity contribution in [2.75, 3.05) is 11.2 Å². The lowest BCUT2D eigenvalue weighted by Gasteiger charge is -2.02. The quantitative estimate of drug-likeness (QED) is 0.408. The number of rotatable bonds is 3. The van der Waals surface area contributed by atoms with Gasteiger partial charge >= 0.3 is 0 Å². The molecule has 0 atom stereocenters. The second-order valence-electron chi connectivity index (χ2n) is 3.44. The van der Waals surface area contributed by atoms with Crippen molar-refractivity contribution in [1.82, 2.24) is 10.2 Å². The molecule has 0 unspecified atom stereocenters. The van der Waals surface area contributed by atoms with E-state index < -0.39 is 34.7 Å². The van der Waals surface area contributed by atoms with E-state index in [-0.39, 0.29) is 16.0 Å². The van der Waals surface area contributed by atoms with Gasteiger partial charge in [0.15, 0.2) is 28.3 Å². The van der Waals surface area contributed by atoms with Crippen molar-refractivity contribution in [3.63, 3.8) is 0 Å². The van der Waals surface area contributed by atoms with Crippen molar-refractivity contribution in [3.05, 3.63) is 29.3 Å². The number of nitrogens with one attached hydrogen (secondary N) is 1. The minimum Gasteiger partial charge on any atom is -0.299 e. The summed E-state index contributed by atoms with van der Waals surface area (Å²) in [5, 5.41) is 8.92. The third kappa shape index (κ3) is 2.73. The number of aromatic nitrogens is 2. The number of amides is 1. The molecule has 1 heterocycles. The van der Waals surface area contributed by atoms with Crippen molar-refractivity contribution in [3.8, 4) is 10.6 Å². The number of hydrogen-bond donors (Lipinski definition) is 1. The molecule has 1 aromatic carbocycles. The Bertz CT molecular complexity index is 679. The first kappa shape index (κ1) is 14.7. The molecule has 0 aliphatic heterocycles. The van der Waals surface area contributed by atoms with E-state index in [9.17, 15) is 22.4 Å². The Morgan fingerprint density at radius 3 is 2.55 bits per heavy atom. The fraction of sp³-hybridized carbons (Fsp3) is 0.100. The van der Waals surface area contributed by atoms with Gasteiger partial charge in [0.2, 0.25) is 11.0 Å². The standard InChI is InChI=1S/C10H4ClF4N3OS/c11-2-5(19)16-10-18-17-9(20-10)3-1-4(12)7(14)8(15)6(3)13/h1H,2H2,(H,16,18,19). The highest BCUT2D eigenvalue weighted by Crippen LogP contribution is 2.31. The van der Waals surface area contributed by atoms with Gasteiger partial charge in [-0.05, 0) is 6.07 Å². The Balaban J connectivity index is 2.40. The molecule has 106 valence electrons. The van der Waals surface area contributed by atoms with Crippen LogP contribution in [0, 0.1) is 23.3 Å². The van der Waals surface area contributed by atoms with Crippen LogP contribution in [0.1, 0.15) is 0 Å². The molecule has 10 heteroatoms. The molecule has 1 aromatic heterocycles. The molecule has 1 N–H and O–H groups in total. The van der Waals surface area contributed by atoms with E-state index in [4.69, 9.17) is 11.6 Å². The number of hydrogen-bond acceptors (Lipinski definition) is 4. The maximum atomic E-state index is 13.5. The first-order valence-electron chi connectivity index (χ1n) is 4.96. The zero-order valence-electron chi connectivity index (χ0n) is 9.39. The fourth-order valence-corrected chi connectivity index (χ4v) is 2.10. The van der Waals surface area contributed by atoms with E-state index in [2.05, 4.69) is 15.5 Å². The zero-order chi connectivity index (χ0) is 14.9. The lowest BCUT2D eigenvalue weighted by Crippen LogP contribution is -2.12. The highest BCUT2D eigenvalue weighted by atomic mass is 35.5. The SMILES string of the molecule is O=C(CCl)Nc1nnc(-c2cc(F)c(F)c(F)c2F)s1. The van der Waals surface area contributed by atoms with E-state index in [1.54, 1.807) is 0 Å². The van der Waals surface area contributed by atoms with Crippen LogP contribution in [0.15, 0.2) is 6.07 Å². The van der Waals surface area contributed by atoms with Gasteiger partial charge in [-0.15, -0.1) is 21.8 Å². The summed E-state index contributed by atoms with van der Waals surface area (Å²) in [6.07, 6.45) is 0. The van der Waals surface area contributed by atoms with Crippen LogP contribution >= 0.6 is 22.9 Å². The molecule has 20 heavy (non-hydrogen) atoms. The number of carbonyl (C=O) groups excluding carboxylic acids is 1. The summed E-state index contributed by atoms with van der Waals surface area (Å²) < 4.78 is 52.5. The van der Waals surface area contributed by atoms with Crippen molar-refractivity contribution >= 4 is 34.0 Å². The molecule has 2 rings (SSSR count). The first-order valence-corrected chi connectivity index (χ1v) is 6.31. The molecule has 0 bridgehead atoms. The van der Waals surface area contributed by atoms with Crippen LogP contribution in [0.5, 0.6) is 0 Å². The third-order valence-corrected chi connectivity index (χ3v) is 3.24. The second kappa shape index (κ2) is 5.71. The monoisotopic (exact) mass is 325 g/mol. The van der Waals surface area contributed by atoms with Crippen LogP contribution in [0.2, 0.25) is 0 Å². The summed E-state index contributed by atoms with van der Waals surface area (Å²) in [5.41, 5.74) is -0.592. The van der Waals surface area contributed by atoms with Crippen LogP contribution in [0.25, 0.3) is 10.6 Å². The van der Waals surface area contributed by atoms with Crippen LogP contribution in [-0.2, 0) is 4.79 Å². The number of anilines is 1. The highest BCUT2D eigenvalue weighted by molar-refractivity contribution is 7.18. The van der Waals surface area contributed by atoms with E-state index in [0.29, 0.717) is 17.4 Å². The van der Waals surface area contributed by atoms with E-state index in [1.807, 2.05) is 0 Å². The van der Waals surface area contributed by atoms with Crippen LogP contribution in [0.4, 0.5) is 22.7 Å². The van der Waals surface area contributed by atoms with Gasteiger partial charge in [0, 0.05) is 0 Å². The van der Waals surface area contributed by atoms with E-state index >= 15 is 0 Å². The maximum Gasteiger partial charge on any atom is 0.241 e. The number of benzene rings is 1. The summed E-state index contributed by atoms with van der Waals surface area (Å²) in [6, 6.07) is 0.460. The average Bonchev–Trinajstić information content (AvgIpc) is 2.88. The molecule has 2 aromatic rings. The summed E-state index contributed by atoms with van der Waals surface area (Å²) in [5.74, 6) is -7.90. The van der Waals surface area contributed by atoms with Gasteiger partial charge in [-0.3, -0.25) is 10.1 Å². The minimum absolute atomic E-state index is 0.0322. The van der Waals surface area contributed by atoms with Gasteiger partial charge in [0.05, 0.1) is 5.56 Å². The Morgan fingerprint density at radius 1 is 1.20 bits per heavy atom. The Labute approximate surface area is 118 Å². The minimum atomic E-state index is -1.94. The van der Waals surface area contributed by atoms with Crippen LogP contribution < -0.4 is 5.32 Å². The first-order chi connectivity index (χ1) is 9.43. The largest absolute Gasteiger partial charge is 0.299 e. The van der Waals surface area contributed by atoms with Gasteiger partial charge in [0.1, 0.15) is 5.88 Å². The Hall–Kier alpha value is -1.74. The molecule has 0 aliphatic rings. The molecule has 0 spiro atoms. The molecule has 0 radical (unpaired) electrons. The summed E-state index contributed by atoms with van der Waals surface area (Å²) in [6.45, 7) is 0. The molecule has 0 saturated heterocycles. The predicted octanol–water partition coefficient (Wildman–Crippen LogP) is 2.94. The van der Waals surface area contributed by atoms with Gasteiger partial charge in [-0.2, -0.15) is 0 Å². The van der Waals surface area contributed by atoms with Gasteiger partial charge < -0.3 is 0 Å². The van der Waals surface area contributed by atoms with Crippen molar-refractivity contribution < 1.29 is 22.4 Å². The summed E-state index contributed by atoms with van der Waals surface area (Å²) >= 11 is 5.91. The Kier molecular flexibility index (Phi) is 4.19. The summed E-state index contributed by atoms with van der Waals surface area (Å²) in [4.78, 5) is 11.0. The smallest absolute Gasteiger partial charge is 0.241 e. The molecule has 0 aliphatic carbocycles. The van der Waals surface area contributed by atoms with Crippen molar-refractivity contribution in [2.24, 2.45) is 0 Å². The lowest BCUT2D eigenvalue weighted by molar-refractivity contribution is -0.113. The normalized spacial score (nSPS) is 10.7. The van der Waals surface area contributed by atoms with E-state index in [1.165, 1.54) is 0 Å². The highest BCUT2D eigenvalue weighted by Gasteiger charge is 2.22. The molecule has 0 fully saturated rings. The fourth-order valence-electron chi connectivity index (χ4n) is 1.26. The van der Waals surface area contributed by atoms with Gasteiger partial charge in [-0.25, -0.2) is 17.6 Å². The summed E-state index contributed by atoms with van der Waals surface area (Å²) in [7, 11) is 0. The average molecular weight is 326 g/mol. The molecular formula is C10H4ClF4N3OS. The topological polar surface area (TPSA) is 54.9 Å². The van der Waals surface area contributed by atoms with Crippen molar-refractivity contribution in [2.45, 2.75) is 0 Å². The van der Waals surface area contributed by atoms with E-state index in [0.717, 1.165) is 0 Å². The predicted molar refractivity (Wildman–Crippen MR) is 64.5 cm³/mol. The number of alkyl halides is 1. The van der Waals surface area contributed by atoms with Crippen LogP contribution in [-0.4, -0.2) is 22.0 Å². The Morgan fingerprint density at radius 2 is 1.90 bits per heavy atom.